The van der Waals surface area contributed by atoms with E-state index in [9.17, 15) is 9.59 Å². The number of benzene rings is 2. The fraction of sp³-hybridized carbons (Fsp3) is 0.211. The minimum absolute atomic E-state index is 0.233. The van der Waals surface area contributed by atoms with Gasteiger partial charge in [-0.25, -0.2) is 4.79 Å². The van der Waals surface area contributed by atoms with Crippen LogP contribution < -0.4 is 5.32 Å². The summed E-state index contributed by atoms with van der Waals surface area (Å²) in [7, 11) is 0. The first kappa shape index (κ1) is 19.5. The van der Waals surface area contributed by atoms with Crippen LogP contribution in [0.3, 0.4) is 0 Å². The molecule has 0 spiro atoms. The number of carbonyl (C=O) groups is 2. The molecule has 1 heterocycles. The van der Waals surface area contributed by atoms with Crippen LogP contribution in [0.15, 0.2) is 48.5 Å². The minimum atomic E-state index is -0.630. The molecule has 8 nitrogen and oxygen atoms in total. The van der Waals surface area contributed by atoms with Crippen LogP contribution in [0.2, 0.25) is 5.02 Å². The molecule has 0 saturated heterocycles. The summed E-state index contributed by atoms with van der Waals surface area (Å²) in [6.45, 7) is 1.68. The molecule has 3 aromatic rings. The number of nitrogens with zero attached hydrogens (tertiary/aromatic N) is 4. The number of aryl methyl sites for hydroxylation is 1. The Bertz CT molecular complexity index is 954. The summed E-state index contributed by atoms with van der Waals surface area (Å²) in [6.07, 6.45) is 0. The smallest absolute Gasteiger partial charge is 0.330 e. The van der Waals surface area contributed by atoms with Crippen molar-refractivity contribution in [2.75, 3.05) is 6.61 Å². The molecule has 0 aliphatic carbocycles. The van der Waals surface area contributed by atoms with Crippen LogP contribution in [0.25, 0.3) is 11.4 Å². The average molecular weight is 400 g/mol. The average Bonchev–Trinajstić information content (AvgIpc) is 3.15. The fourth-order valence-electron chi connectivity index (χ4n) is 2.29. The lowest BCUT2D eigenvalue weighted by Gasteiger charge is -2.06. The van der Waals surface area contributed by atoms with Crippen molar-refractivity contribution >= 4 is 23.5 Å². The Kier molecular flexibility index (Phi) is 6.33. The van der Waals surface area contributed by atoms with Gasteiger partial charge >= 0.3 is 5.97 Å². The zero-order chi connectivity index (χ0) is 19.9. The van der Waals surface area contributed by atoms with E-state index in [1.165, 1.54) is 0 Å². The van der Waals surface area contributed by atoms with Gasteiger partial charge in [-0.1, -0.05) is 53.6 Å². The highest BCUT2D eigenvalue weighted by Gasteiger charge is 2.12. The van der Waals surface area contributed by atoms with Gasteiger partial charge in [0.25, 0.3) is 5.91 Å². The molecular weight excluding hydrogens is 382 g/mol. The lowest BCUT2D eigenvalue weighted by Crippen LogP contribution is -2.29. The number of ether oxygens (including phenoxy) is 1. The molecule has 0 aliphatic heterocycles. The summed E-state index contributed by atoms with van der Waals surface area (Å²) >= 11 is 5.81. The van der Waals surface area contributed by atoms with E-state index in [1.807, 2.05) is 31.2 Å². The normalized spacial score (nSPS) is 10.5. The van der Waals surface area contributed by atoms with E-state index in [0.29, 0.717) is 17.4 Å². The van der Waals surface area contributed by atoms with Gasteiger partial charge in [0.1, 0.15) is 0 Å². The summed E-state index contributed by atoms with van der Waals surface area (Å²) in [6, 6.07) is 14.7. The number of rotatable bonds is 7. The van der Waals surface area contributed by atoms with E-state index in [-0.39, 0.29) is 13.2 Å². The number of esters is 1. The zero-order valence-electron chi connectivity index (χ0n) is 15.1. The standard InChI is InChI=1S/C19H18ClN5O3/c1-13-2-6-15(7-3-13)19-22-24-25(23-19)11-18(27)28-12-17(26)21-10-14-4-8-16(20)9-5-14/h2-9H,10-12H2,1H3,(H,21,26). The van der Waals surface area contributed by atoms with Crippen molar-refractivity contribution < 1.29 is 14.3 Å². The van der Waals surface area contributed by atoms with E-state index in [1.54, 1.807) is 24.3 Å². The van der Waals surface area contributed by atoms with Crippen LogP contribution in [0.1, 0.15) is 11.1 Å². The maximum atomic E-state index is 11.9. The van der Waals surface area contributed by atoms with Crippen LogP contribution in [-0.2, 0) is 27.4 Å². The van der Waals surface area contributed by atoms with Crippen molar-refractivity contribution in [3.05, 3.63) is 64.7 Å². The van der Waals surface area contributed by atoms with Crippen LogP contribution in [0, 0.1) is 6.92 Å². The zero-order valence-corrected chi connectivity index (χ0v) is 15.9. The molecule has 3 rings (SSSR count). The molecule has 9 heteroatoms. The topological polar surface area (TPSA) is 99.0 Å². The Balaban J connectivity index is 1.43. The second-order valence-corrected chi connectivity index (χ2v) is 6.51. The summed E-state index contributed by atoms with van der Waals surface area (Å²) in [5.74, 6) is -0.627. The number of halogens is 1. The first-order chi connectivity index (χ1) is 13.5. The molecule has 1 N–H and O–H groups in total. The van der Waals surface area contributed by atoms with Crippen LogP contribution in [0.5, 0.6) is 0 Å². The number of carbonyl (C=O) groups excluding carboxylic acids is 2. The largest absolute Gasteiger partial charge is 0.454 e. The molecule has 0 saturated carbocycles. The minimum Gasteiger partial charge on any atom is -0.454 e. The summed E-state index contributed by atoms with van der Waals surface area (Å²) in [4.78, 5) is 24.8. The number of aromatic nitrogens is 4. The van der Waals surface area contributed by atoms with Crippen LogP contribution in [0.4, 0.5) is 0 Å². The lowest BCUT2D eigenvalue weighted by molar-refractivity contribution is -0.149. The first-order valence-corrected chi connectivity index (χ1v) is 8.89. The maximum Gasteiger partial charge on any atom is 0.330 e. The second-order valence-electron chi connectivity index (χ2n) is 6.07. The highest BCUT2D eigenvalue weighted by molar-refractivity contribution is 6.30. The SMILES string of the molecule is Cc1ccc(-c2nnn(CC(=O)OCC(=O)NCc3ccc(Cl)cc3)n2)cc1. The van der Waals surface area contributed by atoms with Gasteiger partial charge in [-0.2, -0.15) is 4.80 Å². The van der Waals surface area contributed by atoms with Gasteiger partial charge < -0.3 is 10.1 Å². The number of tetrazole rings is 1. The molecule has 0 bridgehead atoms. The van der Waals surface area contributed by atoms with Crippen LogP contribution >= 0.6 is 11.6 Å². The number of amides is 1. The predicted molar refractivity (Wildman–Crippen MR) is 102 cm³/mol. The highest BCUT2D eigenvalue weighted by Crippen LogP contribution is 2.13. The van der Waals surface area contributed by atoms with Gasteiger partial charge in [0.05, 0.1) is 0 Å². The Morgan fingerprint density at radius 2 is 1.82 bits per heavy atom. The van der Waals surface area contributed by atoms with E-state index in [2.05, 4.69) is 20.7 Å². The molecule has 0 aliphatic rings. The number of hydrogen-bond acceptors (Lipinski definition) is 6. The lowest BCUT2D eigenvalue weighted by atomic mass is 10.1. The fourth-order valence-corrected chi connectivity index (χ4v) is 2.42. The quantitative estimate of drug-likeness (QED) is 0.611. The molecule has 0 unspecified atom stereocenters. The van der Waals surface area contributed by atoms with E-state index < -0.39 is 11.9 Å². The third kappa shape index (κ3) is 5.62. The molecule has 2 aromatic carbocycles. The van der Waals surface area contributed by atoms with Crippen LogP contribution in [-0.4, -0.2) is 38.7 Å². The van der Waals surface area contributed by atoms with Crippen molar-refractivity contribution in [2.45, 2.75) is 20.0 Å². The highest BCUT2D eigenvalue weighted by atomic mass is 35.5. The summed E-state index contributed by atoms with van der Waals surface area (Å²) < 4.78 is 4.95. The first-order valence-electron chi connectivity index (χ1n) is 8.51. The molecular formula is C19H18ClN5O3. The van der Waals surface area contributed by atoms with Crippen molar-refractivity contribution in [1.29, 1.82) is 0 Å². The van der Waals surface area contributed by atoms with Gasteiger partial charge in [0, 0.05) is 17.1 Å². The molecule has 28 heavy (non-hydrogen) atoms. The van der Waals surface area contributed by atoms with E-state index in [0.717, 1.165) is 21.5 Å². The van der Waals surface area contributed by atoms with Gasteiger partial charge in [-0.15, -0.1) is 10.2 Å². The Morgan fingerprint density at radius 1 is 1.11 bits per heavy atom. The van der Waals surface area contributed by atoms with Gasteiger partial charge in [0.15, 0.2) is 13.2 Å². The van der Waals surface area contributed by atoms with Crippen molar-refractivity contribution in [1.82, 2.24) is 25.5 Å². The second kappa shape index (κ2) is 9.09. The van der Waals surface area contributed by atoms with Gasteiger partial charge in [-0.3, -0.25) is 4.79 Å². The van der Waals surface area contributed by atoms with Crippen molar-refractivity contribution in [2.24, 2.45) is 0 Å². The Hall–Kier alpha value is -3.26. The predicted octanol–water partition coefficient (Wildman–Crippen LogP) is 2.16. The monoisotopic (exact) mass is 399 g/mol. The molecule has 1 aromatic heterocycles. The summed E-state index contributed by atoms with van der Waals surface area (Å²) in [5, 5.41) is 15.2. The third-order valence-corrected chi connectivity index (χ3v) is 4.05. The van der Waals surface area contributed by atoms with Crippen molar-refractivity contribution in [3.8, 4) is 11.4 Å². The summed E-state index contributed by atoms with van der Waals surface area (Å²) in [5.41, 5.74) is 2.81. The number of nitrogens with one attached hydrogen (secondary N) is 1. The molecule has 0 fully saturated rings. The molecule has 144 valence electrons. The van der Waals surface area contributed by atoms with Gasteiger partial charge in [0.2, 0.25) is 5.82 Å². The molecule has 0 atom stereocenters. The maximum absolute atomic E-state index is 11.9. The van der Waals surface area contributed by atoms with Crippen molar-refractivity contribution in [3.63, 3.8) is 0 Å². The van der Waals surface area contributed by atoms with E-state index in [4.69, 9.17) is 16.3 Å². The van der Waals surface area contributed by atoms with E-state index >= 15 is 0 Å². The third-order valence-electron chi connectivity index (χ3n) is 3.80. The van der Waals surface area contributed by atoms with Gasteiger partial charge in [-0.05, 0) is 29.8 Å². The number of hydrogen-bond donors (Lipinski definition) is 1. The molecule has 0 radical (unpaired) electrons. The Morgan fingerprint density at radius 3 is 2.54 bits per heavy atom. The molecule has 1 amide bonds. The Labute approximate surface area is 166 Å².